The van der Waals surface area contributed by atoms with Gasteiger partial charge in [-0.2, -0.15) is 0 Å². The van der Waals surface area contributed by atoms with E-state index < -0.39 is 29.0 Å². The number of aliphatic hydroxyl groups is 1. The van der Waals surface area contributed by atoms with Crippen LogP contribution in [-0.2, 0) is 6.42 Å². The lowest BCUT2D eigenvalue weighted by Gasteiger charge is -2.41. The highest BCUT2D eigenvalue weighted by Gasteiger charge is 2.35. The van der Waals surface area contributed by atoms with Gasteiger partial charge in [0.2, 0.25) is 0 Å². The lowest BCUT2D eigenvalue weighted by molar-refractivity contribution is 0.0300. The molecule has 1 unspecified atom stereocenters. The minimum atomic E-state index is -1.33. The number of aromatic nitrogens is 1. The number of hydrogen-bond acceptors (Lipinski definition) is 4. The van der Waals surface area contributed by atoms with Gasteiger partial charge < -0.3 is 14.7 Å². The van der Waals surface area contributed by atoms with Gasteiger partial charge in [0.05, 0.1) is 17.6 Å². The Hall–Kier alpha value is -2.42. The summed E-state index contributed by atoms with van der Waals surface area (Å²) in [6.07, 6.45) is 2.91. The van der Waals surface area contributed by atoms with E-state index in [0.29, 0.717) is 79.7 Å². The molecule has 0 spiro atoms. The van der Waals surface area contributed by atoms with Gasteiger partial charge in [-0.3, -0.25) is 4.98 Å². The summed E-state index contributed by atoms with van der Waals surface area (Å²) in [6.45, 7) is 1.98. The van der Waals surface area contributed by atoms with Crippen molar-refractivity contribution in [3.63, 3.8) is 0 Å². The first kappa shape index (κ1) is 27.6. The molecule has 0 aliphatic carbocycles. The van der Waals surface area contributed by atoms with Crippen LogP contribution in [-0.4, -0.2) is 48.3 Å². The molecular formula is C28H31ClF4N2O2. The highest BCUT2D eigenvalue weighted by Crippen LogP contribution is 2.42. The van der Waals surface area contributed by atoms with Crippen LogP contribution in [0.4, 0.5) is 17.6 Å². The molecule has 0 saturated carbocycles. The second-order valence-corrected chi connectivity index (χ2v) is 10.3. The van der Waals surface area contributed by atoms with Crippen molar-refractivity contribution in [2.75, 3.05) is 33.4 Å². The van der Waals surface area contributed by atoms with Crippen LogP contribution in [0.1, 0.15) is 49.4 Å². The molecule has 0 bridgehead atoms. The van der Waals surface area contributed by atoms with E-state index in [9.17, 15) is 18.3 Å². The van der Waals surface area contributed by atoms with Crippen LogP contribution in [0.15, 0.2) is 36.5 Å². The van der Waals surface area contributed by atoms with E-state index in [-0.39, 0.29) is 30.0 Å². The number of hydrogen-bond donors (Lipinski definition) is 1. The van der Waals surface area contributed by atoms with E-state index in [1.807, 2.05) is 0 Å². The molecule has 3 aromatic rings. The molecule has 9 heteroatoms. The molecule has 1 aliphatic heterocycles. The molecule has 1 N–H and O–H groups in total. The number of ether oxygens (including phenoxy) is 1. The highest BCUT2D eigenvalue weighted by molar-refractivity contribution is 6.32. The molecule has 4 rings (SSSR count). The molecule has 1 atom stereocenters. The van der Waals surface area contributed by atoms with Crippen LogP contribution in [0.3, 0.4) is 0 Å². The normalized spacial score (nSPS) is 16.7. The maximum Gasteiger partial charge on any atom is 0.132 e. The van der Waals surface area contributed by atoms with E-state index in [2.05, 4.69) is 9.88 Å². The Bertz CT molecular complexity index is 1210. The van der Waals surface area contributed by atoms with Crippen LogP contribution < -0.4 is 4.74 Å². The molecule has 1 saturated heterocycles. The van der Waals surface area contributed by atoms with Gasteiger partial charge in [-0.25, -0.2) is 17.6 Å². The lowest BCUT2D eigenvalue weighted by atomic mass is 9.74. The lowest BCUT2D eigenvalue weighted by Crippen LogP contribution is -2.42. The van der Waals surface area contributed by atoms with Gasteiger partial charge in [-0.15, -0.1) is 0 Å². The summed E-state index contributed by atoms with van der Waals surface area (Å²) in [7, 11) is 1.54. The van der Waals surface area contributed by atoms with Crippen molar-refractivity contribution in [3.8, 4) is 5.75 Å². The number of nitrogens with zero attached hydrogens (tertiary/aromatic N) is 2. The molecule has 1 fully saturated rings. The quantitative estimate of drug-likeness (QED) is 0.288. The first-order chi connectivity index (χ1) is 17.7. The number of alkyl halides is 1. The summed E-state index contributed by atoms with van der Waals surface area (Å²) in [4.78, 5) is 6.47. The minimum absolute atomic E-state index is 0.0434. The Kier molecular flexibility index (Phi) is 8.93. The summed E-state index contributed by atoms with van der Waals surface area (Å²) >= 11 is 6.36. The van der Waals surface area contributed by atoms with Crippen LogP contribution in [0.5, 0.6) is 5.75 Å². The third-order valence-electron chi connectivity index (χ3n) is 7.57. The van der Waals surface area contributed by atoms with Crippen LogP contribution in [0.25, 0.3) is 10.9 Å². The third kappa shape index (κ3) is 6.36. The van der Waals surface area contributed by atoms with E-state index >= 15 is 4.39 Å². The number of fused-ring (bicyclic) bond motifs is 1. The molecule has 200 valence electrons. The van der Waals surface area contributed by atoms with Crippen molar-refractivity contribution in [3.05, 3.63) is 70.1 Å². The summed E-state index contributed by atoms with van der Waals surface area (Å²) in [6, 6.07) is 6.67. The van der Waals surface area contributed by atoms with Gasteiger partial charge in [-0.1, -0.05) is 11.6 Å². The predicted octanol–water partition coefficient (Wildman–Crippen LogP) is 6.81. The fourth-order valence-electron chi connectivity index (χ4n) is 5.22. The molecular weight excluding hydrogens is 508 g/mol. The zero-order valence-electron chi connectivity index (χ0n) is 20.8. The third-order valence-corrected chi connectivity index (χ3v) is 7.87. The first-order valence-corrected chi connectivity index (χ1v) is 12.9. The Morgan fingerprint density at radius 2 is 1.84 bits per heavy atom. The predicted molar refractivity (Wildman–Crippen MR) is 136 cm³/mol. The van der Waals surface area contributed by atoms with E-state index in [4.69, 9.17) is 16.3 Å². The van der Waals surface area contributed by atoms with Crippen molar-refractivity contribution in [1.82, 2.24) is 9.88 Å². The molecule has 1 aliphatic rings. The second kappa shape index (κ2) is 12.0. The smallest absolute Gasteiger partial charge is 0.132 e. The average molecular weight is 539 g/mol. The molecule has 1 aromatic heterocycles. The van der Waals surface area contributed by atoms with Crippen molar-refractivity contribution < 1.29 is 27.4 Å². The van der Waals surface area contributed by atoms with Crippen LogP contribution in [0.2, 0.25) is 5.02 Å². The van der Waals surface area contributed by atoms with E-state index in [0.717, 1.165) is 0 Å². The SMILES string of the molecule is COc1ccc2ncc(Cl)c(C(F)CCC3(CO)CCN(CCCc4c(F)cc(F)cc4F)CC3)c2c1. The van der Waals surface area contributed by atoms with Gasteiger partial charge in [0.1, 0.15) is 29.4 Å². The maximum absolute atomic E-state index is 15.6. The van der Waals surface area contributed by atoms with Crippen LogP contribution >= 0.6 is 11.6 Å². The Morgan fingerprint density at radius 1 is 1.14 bits per heavy atom. The van der Waals surface area contributed by atoms with Gasteiger partial charge >= 0.3 is 0 Å². The fourth-order valence-corrected chi connectivity index (χ4v) is 5.49. The summed E-state index contributed by atoms with van der Waals surface area (Å²) < 4.78 is 61.7. The molecule has 4 nitrogen and oxygen atoms in total. The van der Waals surface area contributed by atoms with E-state index in [1.165, 1.54) is 6.20 Å². The van der Waals surface area contributed by atoms with Crippen LogP contribution in [0, 0.1) is 22.9 Å². The molecule has 37 heavy (non-hydrogen) atoms. The Labute approximate surface area is 219 Å². The van der Waals surface area contributed by atoms with Crippen molar-refractivity contribution in [2.24, 2.45) is 5.41 Å². The molecule has 0 radical (unpaired) electrons. The topological polar surface area (TPSA) is 45.6 Å². The van der Waals surface area contributed by atoms with Crippen molar-refractivity contribution in [2.45, 2.75) is 44.7 Å². The number of pyridine rings is 1. The number of methoxy groups -OCH3 is 1. The van der Waals surface area contributed by atoms with E-state index in [1.54, 1.807) is 25.3 Å². The fraction of sp³-hybridized carbons (Fsp3) is 0.464. The standard InChI is InChI=1S/C28H31ClF4N2O2/c1-37-19-4-5-26-21(15-19)27(22(29)16-34-26)23(31)6-7-28(17-36)8-11-35(12-9-28)10-2-3-20-24(32)13-18(30)14-25(20)33/h4-5,13-16,23,36H,2-3,6-12,17H2,1H3. The average Bonchev–Trinajstić information content (AvgIpc) is 2.89. The highest BCUT2D eigenvalue weighted by atomic mass is 35.5. The first-order valence-electron chi connectivity index (χ1n) is 12.5. The van der Waals surface area contributed by atoms with Gasteiger partial charge in [0, 0.05) is 41.4 Å². The maximum atomic E-state index is 15.6. The zero-order valence-corrected chi connectivity index (χ0v) is 21.5. The molecule has 2 heterocycles. The summed E-state index contributed by atoms with van der Waals surface area (Å²) in [5.74, 6) is -2.06. The number of aliphatic hydroxyl groups excluding tert-OH is 1. The number of likely N-dealkylation sites (tertiary alicyclic amines) is 1. The molecule has 0 amide bonds. The van der Waals surface area contributed by atoms with Crippen molar-refractivity contribution >= 4 is 22.5 Å². The summed E-state index contributed by atoms with van der Waals surface area (Å²) in [5.41, 5.74) is 0.519. The second-order valence-electron chi connectivity index (χ2n) is 9.86. The summed E-state index contributed by atoms with van der Waals surface area (Å²) in [5, 5.41) is 11.1. The number of piperidine rings is 1. The minimum Gasteiger partial charge on any atom is -0.497 e. The Morgan fingerprint density at radius 3 is 2.49 bits per heavy atom. The molecule has 2 aromatic carbocycles. The number of halogens is 5. The largest absolute Gasteiger partial charge is 0.497 e. The van der Waals surface area contributed by atoms with Gasteiger partial charge in [0.15, 0.2) is 0 Å². The monoisotopic (exact) mass is 538 g/mol. The van der Waals surface area contributed by atoms with Gasteiger partial charge in [-0.05, 0) is 81.8 Å². The van der Waals surface area contributed by atoms with Gasteiger partial charge in [0.25, 0.3) is 0 Å². The van der Waals surface area contributed by atoms with Crippen molar-refractivity contribution in [1.29, 1.82) is 0 Å². The zero-order chi connectivity index (χ0) is 26.6. The Balaban J connectivity index is 1.33. The number of benzene rings is 2. The number of rotatable bonds is 10.